The third kappa shape index (κ3) is 4.36. The predicted octanol–water partition coefficient (Wildman–Crippen LogP) is 0.947. The molecule has 0 spiro atoms. The summed E-state index contributed by atoms with van der Waals surface area (Å²) in [5, 5.41) is 6.71. The molecule has 9 heteroatoms. The number of rotatable bonds is 7. The first-order valence-electron chi connectivity index (χ1n) is 9.27. The maximum absolute atomic E-state index is 13.0. The van der Waals surface area contributed by atoms with E-state index >= 15 is 0 Å². The lowest BCUT2D eigenvalue weighted by Crippen LogP contribution is -2.45. The minimum atomic E-state index is -0.311. The summed E-state index contributed by atoms with van der Waals surface area (Å²) in [7, 11) is 0. The van der Waals surface area contributed by atoms with Crippen LogP contribution in [0.5, 0.6) is 0 Å². The number of nitrogens with zero attached hydrogens (tertiary/aromatic N) is 4. The molecule has 2 aromatic rings. The number of H-pyrrole nitrogens is 1. The number of aromatic amines is 1. The molecule has 27 heavy (non-hydrogen) atoms. The van der Waals surface area contributed by atoms with Gasteiger partial charge in [0.1, 0.15) is 5.82 Å². The molecule has 0 aliphatic carbocycles. The average molecular weight is 374 g/mol. The fraction of sp³-hybridized carbons (Fsp3) is 0.556. The minimum absolute atomic E-state index is 0.0822. The van der Waals surface area contributed by atoms with E-state index in [4.69, 9.17) is 4.52 Å². The summed E-state index contributed by atoms with van der Waals surface area (Å²) in [4.78, 5) is 36.6. The molecule has 0 bridgehead atoms. The lowest BCUT2D eigenvalue weighted by atomic mass is 10.1. The van der Waals surface area contributed by atoms with Gasteiger partial charge >= 0.3 is 0 Å². The summed E-state index contributed by atoms with van der Waals surface area (Å²) in [6.07, 6.45) is 4.01. The average Bonchev–Trinajstić information content (AvgIpc) is 3.38. The number of likely N-dealkylation sites (tertiary alicyclic amines) is 1. The Bertz CT molecular complexity index is 768. The van der Waals surface area contributed by atoms with Gasteiger partial charge in [-0.1, -0.05) is 5.16 Å². The molecule has 2 amide bonds. The van der Waals surface area contributed by atoms with Crippen LogP contribution >= 0.6 is 0 Å². The van der Waals surface area contributed by atoms with Gasteiger partial charge < -0.3 is 19.7 Å². The molecule has 1 aliphatic heterocycles. The van der Waals surface area contributed by atoms with E-state index in [1.807, 2.05) is 18.7 Å². The normalized spacial score (nSPS) is 20.0. The van der Waals surface area contributed by atoms with Crippen LogP contribution in [0, 0.1) is 6.92 Å². The summed E-state index contributed by atoms with van der Waals surface area (Å²) >= 11 is 0. The number of hydrogen-bond donors (Lipinski definition) is 2. The summed E-state index contributed by atoms with van der Waals surface area (Å²) in [5.41, 5.74) is 0.653. The van der Waals surface area contributed by atoms with E-state index < -0.39 is 0 Å². The van der Waals surface area contributed by atoms with Crippen LogP contribution in [0.4, 0.5) is 0 Å². The van der Waals surface area contributed by atoms with Crippen LogP contribution in [-0.2, 0) is 11.3 Å². The lowest BCUT2D eigenvalue weighted by molar-refractivity contribution is -0.135. The van der Waals surface area contributed by atoms with E-state index in [9.17, 15) is 9.59 Å². The third-order valence-electron chi connectivity index (χ3n) is 4.86. The maximum atomic E-state index is 13.0. The number of aryl methyl sites for hydroxylation is 1. The van der Waals surface area contributed by atoms with Gasteiger partial charge in [-0.3, -0.25) is 14.5 Å². The van der Waals surface area contributed by atoms with Gasteiger partial charge in [0.2, 0.25) is 11.7 Å². The van der Waals surface area contributed by atoms with Crippen molar-refractivity contribution in [3.8, 4) is 0 Å². The van der Waals surface area contributed by atoms with Crippen molar-refractivity contribution in [1.29, 1.82) is 0 Å². The molecule has 9 nitrogen and oxygen atoms in total. The second kappa shape index (κ2) is 8.34. The monoisotopic (exact) mass is 374 g/mol. The van der Waals surface area contributed by atoms with Crippen molar-refractivity contribution in [2.45, 2.75) is 45.8 Å². The number of likely N-dealkylation sites (N-methyl/N-ethyl adjacent to an activating group) is 1. The quantitative estimate of drug-likeness (QED) is 0.747. The fourth-order valence-electron chi connectivity index (χ4n) is 3.49. The Labute approximate surface area is 158 Å². The van der Waals surface area contributed by atoms with Crippen LogP contribution in [0.3, 0.4) is 0 Å². The lowest BCUT2D eigenvalue weighted by Gasteiger charge is -2.28. The maximum Gasteiger partial charge on any atom is 0.290 e. The molecule has 1 saturated heterocycles. The topological polar surface area (TPSA) is 107 Å². The highest BCUT2D eigenvalue weighted by Gasteiger charge is 2.39. The number of carbonyl (C=O) groups is 2. The van der Waals surface area contributed by atoms with Crippen molar-refractivity contribution in [2.75, 3.05) is 19.6 Å². The Morgan fingerprint density at radius 3 is 2.78 bits per heavy atom. The molecule has 2 N–H and O–H groups in total. The van der Waals surface area contributed by atoms with E-state index in [1.165, 1.54) is 0 Å². The summed E-state index contributed by atoms with van der Waals surface area (Å²) in [6, 6.07) is 1.16. The van der Waals surface area contributed by atoms with E-state index in [-0.39, 0.29) is 29.7 Å². The highest BCUT2D eigenvalue weighted by Crippen LogP contribution is 2.22. The molecule has 0 unspecified atom stereocenters. The number of imidazole rings is 1. The Morgan fingerprint density at radius 2 is 2.19 bits per heavy atom. The molecular formula is C18H26N6O3. The third-order valence-corrected chi connectivity index (χ3v) is 4.86. The number of carbonyl (C=O) groups excluding carboxylic acids is 2. The Kier molecular flexibility index (Phi) is 5.90. The van der Waals surface area contributed by atoms with Gasteiger partial charge in [0.25, 0.3) is 5.91 Å². The first-order valence-corrected chi connectivity index (χ1v) is 9.27. The van der Waals surface area contributed by atoms with Crippen molar-refractivity contribution < 1.29 is 14.1 Å². The van der Waals surface area contributed by atoms with Crippen molar-refractivity contribution >= 4 is 11.8 Å². The van der Waals surface area contributed by atoms with Gasteiger partial charge in [-0.2, -0.15) is 0 Å². The zero-order chi connectivity index (χ0) is 19.4. The molecule has 0 aromatic carbocycles. The molecule has 3 heterocycles. The fourth-order valence-corrected chi connectivity index (χ4v) is 3.49. The van der Waals surface area contributed by atoms with Crippen LogP contribution in [0.25, 0.3) is 0 Å². The number of nitrogens with one attached hydrogen (secondary N) is 2. The second-order valence-electron chi connectivity index (χ2n) is 6.73. The van der Waals surface area contributed by atoms with Crippen LogP contribution < -0.4 is 5.32 Å². The molecule has 2 aromatic heterocycles. The van der Waals surface area contributed by atoms with Gasteiger partial charge in [-0.15, -0.1) is 0 Å². The minimum Gasteiger partial charge on any atom is -0.351 e. The van der Waals surface area contributed by atoms with Gasteiger partial charge in [-0.05, 0) is 27.2 Å². The summed E-state index contributed by atoms with van der Waals surface area (Å²) in [6.45, 7) is 8.12. The van der Waals surface area contributed by atoms with E-state index in [1.54, 1.807) is 25.4 Å². The number of aromatic nitrogens is 3. The molecule has 3 rings (SSSR count). The second-order valence-corrected chi connectivity index (χ2v) is 6.73. The molecule has 0 saturated carbocycles. The largest absolute Gasteiger partial charge is 0.351 e. The SMILES string of the molecule is CCN(CC)C(=O)[C@@H]1C[C@H](NC(=O)c2cc(C)no2)CN1Cc1ncc[nH]1. The van der Waals surface area contributed by atoms with Gasteiger partial charge in [0.05, 0.1) is 18.3 Å². The molecular weight excluding hydrogens is 348 g/mol. The van der Waals surface area contributed by atoms with Gasteiger partial charge in [-0.25, -0.2) is 4.98 Å². The zero-order valence-corrected chi connectivity index (χ0v) is 15.9. The van der Waals surface area contributed by atoms with Crippen LogP contribution in [0.15, 0.2) is 23.0 Å². The molecule has 146 valence electrons. The molecule has 2 atom stereocenters. The first kappa shape index (κ1) is 19.1. The van der Waals surface area contributed by atoms with E-state index in [0.717, 1.165) is 5.82 Å². The zero-order valence-electron chi connectivity index (χ0n) is 15.9. The van der Waals surface area contributed by atoms with Crippen molar-refractivity contribution in [1.82, 2.24) is 30.2 Å². The summed E-state index contributed by atoms with van der Waals surface area (Å²) < 4.78 is 5.03. The van der Waals surface area contributed by atoms with Crippen molar-refractivity contribution in [3.63, 3.8) is 0 Å². The van der Waals surface area contributed by atoms with Gasteiger partial charge in [0, 0.05) is 44.1 Å². The highest BCUT2D eigenvalue weighted by atomic mass is 16.5. The number of hydrogen-bond acceptors (Lipinski definition) is 6. The standard InChI is InChI=1S/C18H26N6O3/c1-4-23(5-2)18(26)14-9-13(10-24(14)11-16-19-6-7-20-16)21-17(25)15-8-12(3)22-27-15/h6-8,13-14H,4-5,9-11H2,1-3H3,(H,19,20)(H,21,25)/t13-,14-/m0/s1. The van der Waals surface area contributed by atoms with Crippen molar-refractivity contribution in [2.24, 2.45) is 0 Å². The van der Waals surface area contributed by atoms with Crippen LogP contribution in [0.1, 0.15) is 42.3 Å². The van der Waals surface area contributed by atoms with E-state index in [2.05, 4.69) is 25.3 Å². The Balaban J connectivity index is 1.71. The van der Waals surface area contributed by atoms with Crippen molar-refractivity contribution in [3.05, 3.63) is 35.7 Å². The molecule has 1 aliphatic rings. The molecule has 0 radical (unpaired) electrons. The number of amides is 2. The predicted molar refractivity (Wildman–Crippen MR) is 97.8 cm³/mol. The van der Waals surface area contributed by atoms with E-state index in [0.29, 0.717) is 38.3 Å². The smallest absolute Gasteiger partial charge is 0.290 e. The van der Waals surface area contributed by atoms with Crippen LogP contribution in [0.2, 0.25) is 0 Å². The first-order chi connectivity index (χ1) is 13.0. The Hall–Kier alpha value is -2.68. The Morgan fingerprint density at radius 1 is 1.41 bits per heavy atom. The summed E-state index contributed by atoms with van der Waals surface area (Å²) in [5.74, 6) is 0.752. The van der Waals surface area contributed by atoms with Gasteiger partial charge in [0.15, 0.2) is 0 Å². The highest BCUT2D eigenvalue weighted by molar-refractivity contribution is 5.91. The van der Waals surface area contributed by atoms with Crippen LogP contribution in [-0.4, -0.2) is 68.5 Å². The molecule has 1 fully saturated rings.